The van der Waals surface area contributed by atoms with Gasteiger partial charge in [-0.1, -0.05) is 61.7 Å². The van der Waals surface area contributed by atoms with E-state index in [9.17, 15) is 9.90 Å². The van der Waals surface area contributed by atoms with Crippen molar-refractivity contribution in [3.05, 3.63) is 65.3 Å². The van der Waals surface area contributed by atoms with Crippen molar-refractivity contribution < 1.29 is 9.90 Å². The lowest BCUT2D eigenvalue weighted by Crippen LogP contribution is -2.30. The van der Waals surface area contributed by atoms with Gasteiger partial charge >= 0.3 is 0 Å². The van der Waals surface area contributed by atoms with Crippen LogP contribution >= 0.6 is 11.6 Å². The molecular weight excluding hydrogens is 370 g/mol. The van der Waals surface area contributed by atoms with E-state index >= 15 is 0 Å². The van der Waals surface area contributed by atoms with Gasteiger partial charge in [0.25, 0.3) is 0 Å². The van der Waals surface area contributed by atoms with Gasteiger partial charge in [0.05, 0.1) is 21.8 Å². The first-order chi connectivity index (χ1) is 13.3. The van der Waals surface area contributed by atoms with Crippen molar-refractivity contribution >= 4 is 22.9 Å². The molecule has 0 saturated heterocycles. The molecule has 1 aliphatic rings. The Morgan fingerprint density at radius 1 is 1.21 bits per heavy atom. The fourth-order valence-electron chi connectivity index (χ4n) is 4.10. The fourth-order valence-corrected chi connectivity index (χ4v) is 4.37. The monoisotopic (exact) mass is 397 g/mol. The first kappa shape index (κ1) is 20.6. The summed E-state index contributed by atoms with van der Waals surface area (Å²) in [5, 5.41) is 10.1. The fraction of sp³-hybridized carbons (Fsp3) is 0.375. The average molecular weight is 398 g/mol. The van der Waals surface area contributed by atoms with Crippen molar-refractivity contribution in [2.24, 2.45) is 5.92 Å². The van der Waals surface area contributed by atoms with Gasteiger partial charge in [0, 0.05) is 11.8 Å². The molecule has 0 bridgehead atoms. The van der Waals surface area contributed by atoms with Crippen molar-refractivity contribution in [2.75, 3.05) is 0 Å². The lowest BCUT2D eigenvalue weighted by atomic mass is 9.80. The number of Topliss-reactive ketones (excluding diaryl/α,β-unsaturated/α-hetero) is 1. The van der Waals surface area contributed by atoms with Gasteiger partial charge < -0.3 is 9.51 Å². The van der Waals surface area contributed by atoms with Crippen LogP contribution in [0.3, 0.4) is 0 Å². The van der Waals surface area contributed by atoms with Gasteiger partial charge in [0.2, 0.25) is 0 Å². The van der Waals surface area contributed by atoms with E-state index in [-0.39, 0.29) is 11.4 Å². The van der Waals surface area contributed by atoms with E-state index < -0.39 is 0 Å². The van der Waals surface area contributed by atoms with E-state index in [0.717, 1.165) is 35.5 Å². The lowest BCUT2D eigenvalue weighted by molar-refractivity contribution is 0.00460. The van der Waals surface area contributed by atoms with Crippen molar-refractivity contribution in [1.82, 2.24) is 4.40 Å². The number of halogens is 1. The minimum Gasteiger partial charge on any atom is -0.390 e. The van der Waals surface area contributed by atoms with E-state index in [1.54, 1.807) is 13.0 Å². The molecule has 0 radical (unpaired) electrons. The smallest absolute Gasteiger partial charge is 0.162 e. The minimum atomic E-state index is -0.350. The van der Waals surface area contributed by atoms with Gasteiger partial charge in [-0.3, -0.25) is 4.79 Å². The number of aromatic nitrogens is 1. The molecule has 28 heavy (non-hydrogen) atoms. The SMILES string of the molecule is CC(=O)c1cc(-c2ccccc2)n2cccc(Cl)c12.CC1CCCC(C)(O)C1. The summed E-state index contributed by atoms with van der Waals surface area (Å²) in [5.41, 5.74) is 3.12. The van der Waals surface area contributed by atoms with Gasteiger partial charge in [-0.05, 0) is 56.4 Å². The molecule has 1 N–H and O–H groups in total. The number of ketones is 1. The second-order valence-corrected chi connectivity index (χ2v) is 8.55. The van der Waals surface area contributed by atoms with E-state index in [0.29, 0.717) is 10.6 Å². The number of carbonyl (C=O) groups excluding carboxylic acids is 1. The molecule has 1 fully saturated rings. The summed E-state index contributed by atoms with van der Waals surface area (Å²) in [6, 6.07) is 15.6. The zero-order valence-electron chi connectivity index (χ0n) is 16.8. The molecule has 2 heterocycles. The van der Waals surface area contributed by atoms with Crippen LogP contribution in [-0.4, -0.2) is 20.9 Å². The van der Waals surface area contributed by atoms with Gasteiger partial charge in [0.1, 0.15) is 0 Å². The Morgan fingerprint density at radius 2 is 1.93 bits per heavy atom. The summed E-state index contributed by atoms with van der Waals surface area (Å²) in [7, 11) is 0. The topological polar surface area (TPSA) is 41.7 Å². The van der Waals surface area contributed by atoms with E-state index in [1.165, 1.54) is 12.8 Å². The van der Waals surface area contributed by atoms with Crippen LogP contribution in [0.15, 0.2) is 54.7 Å². The Hall–Kier alpha value is -2.10. The maximum absolute atomic E-state index is 11.8. The molecule has 2 aromatic heterocycles. The molecule has 1 aromatic carbocycles. The highest BCUT2D eigenvalue weighted by atomic mass is 35.5. The number of rotatable bonds is 2. The highest BCUT2D eigenvalue weighted by Gasteiger charge is 2.26. The first-order valence-corrected chi connectivity index (χ1v) is 10.2. The Morgan fingerprint density at radius 3 is 2.50 bits per heavy atom. The molecule has 2 atom stereocenters. The van der Waals surface area contributed by atoms with Gasteiger partial charge in [-0.15, -0.1) is 0 Å². The first-order valence-electron chi connectivity index (χ1n) is 9.87. The summed E-state index contributed by atoms with van der Waals surface area (Å²) in [6.45, 7) is 5.73. The molecule has 4 heteroatoms. The normalized spacial score (nSPS) is 21.8. The number of carbonyl (C=O) groups is 1. The quantitative estimate of drug-likeness (QED) is 0.507. The number of hydrogen-bond acceptors (Lipinski definition) is 2. The molecule has 4 rings (SSSR count). The second-order valence-electron chi connectivity index (χ2n) is 8.14. The zero-order valence-corrected chi connectivity index (χ0v) is 17.5. The van der Waals surface area contributed by atoms with Crippen LogP contribution in [0.25, 0.3) is 16.8 Å². The highest BCUT2D eigenvalue weighted by molar-refractivity contribution is 6.35. The van der Waals surface area contributed by atoms with Crippen LogP contribution in [0.1, 0.15) is 56.8 Å². The number of fused-ring (bicyclic) bond motifs is 1. The van der Waals surface area contributed by atoms with Crippen LogP contribution < -0.4 is 0 Å². The molecule has 0 amide bonds. The van der Waals surface area contributed by atoms with Gasteiger partial charge in [-0.2, -0.15) is 0 Å². The maximum Gasteiger partial charge on any atom is 0.162 e. The van der Waals surface area contributed by atoms with Crippen LogP contribution in [0.4, 0.5) is 0 Å². The molecule has 3 aromatic rings. The summed E-state index contributed by atoms with van der Waals surface area (Å²) in [5.74, 6) is 0.751. The van der Waals surface area contributed by atoms with Crippen LogP contribution in [-0.2, 0) is 0 Å². The Balaban J connectivity index is 0.000000211. The summed E-state index contributed by atoms with van der Waals surface area (Å²) >= 11 is 6.23. The molecule has 1 aliphatic carbocycles. The number of benzene rings is 1. The molecule has 148 valence electrons. The van der Waals surface area contributed by atoms with Crippen molar-refractivity contribution in [3.63, 3.8) is 0 Å². The third-order valence-corrected chi connectivity index (χ3v) is 5.69. The predicted molar refractivity (Wildman–Crippen MR) is 116 cm³/mol. The second kappa shape index (κ2) is 8.50. The Kier molecular flexibility index (Phi) is 6.26. The van der Waals surface area contributed by atoms with Gasteiger partial charge in [0.15, 0.2) is 5.78 Å². The van der Waals surface area contributed by atoms with Crippen LogP contribution in [0.5, 0.6) is 0 Å². The third-order valence-electron chi connectivity index (χ3n) is 5.39. The van der Waals surface area contributed by atoms with E-state index in [2.05, 4.69) is 6.92 Å². The summed E-state index contributed by atoms with van der Waals surface area (Å²) in [4.78, 5) is 11.8. The van der Waals surface area contributed by atoms with Crippen LogP contribution in [0.2, 0.25) is 5.02 Å². The molecule has 3 nitrogen and oxygen atoms in total. The van der Waals surface area contributed by atoms with E-state index in [4.69, 9.17) is 11.6 Å². The predicted octanol–water partition coefficient (Wildman–Crippen LogP) is 6.41. The standard InChI is InChI=1S/C16H12ClNO.C8H16O/c1-11(19)13-10-15(12-6-3-2-4-7-12)18-9-5-8-14(17)16(13)18;1-7-4-3-5-8(2,9)6-7/h2-10H,1H3;7,9H,3-6H2,1-2H3. The van der Waals surface area contributed by atoms with Crippen molar-refractivity contribution in [2.45, 2.75) is 52.1 Å². The molecule has 0 aliphatic heterocycles. The Labute approximate surface area is 172 Å². The van der Waals surface area contributed by atoms with Crippen molar-refractivity contribution in [1.29, 1.82) is 0 Å². The largest absolute Gasteiger partial charge is 0.390 e. The summed E-state index contributed by atoms with van der Waals surface area (Å²) < 4.78 is 1.97. The molecule has 1 saturated carbocycles. The number of nitrogens with zero attached hydrogens (tertiary/aromatic N) is 1. The minimum absolute atomic E-state index is 0.0211. The highest BCUT2D eigenvalue weighted by Crippen LogP contribution is 2.31. The third kappa shape index (κ3) is 4.65. The Bertz CT molecular complexity index is 959. The maximum atomic E-state index is 11.8. The average Bonchev–Trinajstić information content (AvgIpc) is 3.03. The zero-order chi connectivity index (χ0) is 20.3. The van der Waals surface area contributed by atoms with Gasteiger partial charge in [-0.25, -0.2) is 0 Å². The summed E-state index contributed by atoms with van der Waals surface area (Å²) in [6.07, 6.45) is 6.42. The molecule has 0 spiro atoms. The lowest BCUT2D eigenvalue weighted by Gasteiger charge is -2.31. The van der Waals surface area contributed by atoms with Crippen molar-refractivity contribution in [3.8, 4) is 11.3 Å². The number of hydrogen-bond donors (Lipinski definition) is 1. The number of aliphatic hydroxyl groups is 1. The van der Waals surface area contributed by atoms with Crippen LogP contribution in [0, 0.1) is 5.92 Å². The van der Waals surface area contributed by atoms with E-state index in [1.807, 2.05) is 60.0 Å². The molecule has 2 unspecified atom stereocenters. The molecular formula is C24H28ClNO2. The number of pyridine rings is 1.